The van der Waals surface area contributed by atoms with Gasteiger partial charge in [0, 0.05) is 23.9 Å². The minimum atomic E-state index is -4.06. The molecule has 160 valence electrons. The van der Waals surface area contributed by atoms with E-state index >= 15 is 0 Å². The molecule has 0 saturated carbocycles. The van der Waals surface area contributed by atoms with E-state index in [1.54, 1.807) is 0 Å². The molecule has 0 aliphatic carbocycles. The molecule has 2 N–H and O–H groups in total. The predicted molar refractivity (Wildman–Crippen MR) is 107 cm³/mol. The fraction of sp³-hybridized carbons (Fsp3) is 0.263. The minimum Gasteiger partial charge on any atom is -0.481 e. The Hall–Kier alpha value is -3.21. The number of ether oxygens (including phenoxy) is 2. The first-order chi connectivity index (χ1) is 14.2. The maximum Gasteiger partial charge on any atom is 0.265 e. The van der Waals surface area contributed by atoms with Gasteiger partial charge in [-0.1, -0.05) is 24.3 Å². The van der Waals surface area contributed by atoms with Gasteiger partial charge >= 0.3 is 0 Å². The summed E-state index contributed by atoms with van der Waals surface area (Å²) in [5.41, 5.74) is 2.40. The monoisotopic (exact) mass is 438 g/mol. The third kappa shape index (κ3) is 4.51. The Balaban J connectivity index is 1.93. The van der Waals surface area contributed by atoms with Gasteiger partial charge < -0.3 is 14.5 Å². The van der Waals surface area contributed by atoms with Gasteiger partial charge in [-0.25, -0.2) is 21.9 Å². The van der Waals surface area contributed by atoms with Gasteiger partial charge in [0.1, 0.15) is 4.90 Å². The lowest BCUT2D eigenvalue weighted by molar-refractivity contribution is 0.146. The molecule has 8 nitrogen and oxygen atoms in total. The Labute approximate surface area is 172 Å². The van der Waals surface area contributed by atoms with Crippen molar-refractivity contribution in [3.63, 3.8) is 0 Å². The number of aryl methyl sites for hydroxylation is 1. The number of rotatable bonds is 8. The Bertz CT molecular complexity index is 1120. The van der Waals surface area contributed by atoms with Crippen molar-refractivity contribution in [1.82, 2.24) is 15.0 Å². The first-order valence-corrected chi connectivity index (χ1v) is 10.3. The first kappa shape index (κ1) is 21.5. The highest BCUT2D eigenvalue weighted by Crippen LogP contribution is 2.30. The third-order valence-corrected chi connectivity index (χ3v) is 5.61. The van der Waals surface area contributed by atoms with Gasteiger partial charge in [-0.2, -0.15) is 9.97 Å². The molecule has 3 rings (SSSR count). The van der Waals surface area contributed by atoms with Crippen molar-refractivity contribution < 1.29 is 26.7 Å². The summed E-state index contributed by atoms with van der Waals surface area (Å²) in [5, 5.41) is 0. The summed E-state index contributed by atoms with van der Waals surface area (Å²) in [4.78, 5) is 10.7. The summed E-state index contributed by atoms with van der Waals surface area (Å²) < 4.78 is 63.5. The van der Waals surface area contributed by atoms with E-state index in [4.69, 9.17) is 9.47 Å². The van der Waals surface area contributed by atoms with Crippen molar-refractivity contribution in [2.24, 2.45) is 0 Å². The van der Waals surface area contributed by atoms with E-state index < -0.39 is 22.9 Å². The van der Waals surface area contributed by atoms with Gasteiger partial charge in [-0.3, -0.25) is 0 Å². The molecule has 0 unspecified atom stereocenters. The lowest BCUT2D eigenvalue weighted by Gasteiger charge is -2.13. The fourth-order valence-electron chi connectivity index (χ4n) is 2.90. The quantitative estimate of drug-likeness (QED) is 0.558. The first-order valence-electron chi connectivity index (χ1n) is 8.79. The summed E-state index contributed by atoms with van der Waals surface area (Å²) in [6, 6.07) is 8.99. The predicted octanol–water partition coefficient (Wildman–Crippen LogP) is 3.41. The number of aromatic nitrogens is 3. The lowest BCUT2D eigenvalue weighted by atomic mass is 10.1. The number of benzene rings is 1. The number of halogens is 2. The molecule has 0 atom stereocenters. The van der Waals surface area contributed by atoms with Crippen LogP contribution in [0.4, 0.5) is 14.7 Å². The number of anilines is 1. The topological polar surface area (TPSA) is 106 Å². The number of alkyl halides is 2. The zero-order chi connectivity index (χ0) is 21.9. The number of nitrogens with one attached hydrogen (secondary N) is 2. The molecule has 3 aromatic rings. The average Bonchev–Trinajstić information content (AvgIpc) is 3.19. The van der Waals surface area contributed by atoms with Crippen molar-refractivity contribution in [2.45, 2.75) is 24.7 Å². The van der Waals surface area contributed by atoms with Crippen LogP contribution in [0.1, 0.15) is 11.1 Å². The van der Waals surface area contributed by atoms with E-state index in [2.05, 4.69) is 19.7 Å². The van der Waals surface area contributed by atoms with Crippen LogP contribution < -0.4 is 14.2 Å². The van der Waals surface area contributed by atoms with Gasteiger partial charge in [0.05, 0.1) is 19.8 Å². The maximum absolute atomic E-state index is 12.8. The van der Waals surface area contributed by atoms with E-state index in [0.29, 0.717) is 5.69 Å². The molecule has 1 aromatic carbocycles. The summed E-state index contributed by atoms with van der Waals surface area (Å²) in [6.45, 7) is 1.91. The molecule has 11 heteroatoms. The third-order valence-electron chi connectivity index (χ3n) is 4.30. The molecule has 0 amide bonds. The highest BCUT2D eigenvalue weighted by Gasteiger charge is 2.23. The van der Waals surface area contributed by atoms with E-state index in [9.17, 15) is 17.2 Å². The molecule has 0 aliphatic rings. The van der Waals surface area contributed by atoms with Crippen LogP contribution >= 0.6 is 0 Å². The van der Waals surface area contributed by atoms with Crippen LogP contribution in [0, 0.1) is 6.92 Å². The lowest BCUT2D eigenvalue weighted by Crippen LogP contribution is -2.16. The minimum absolute atomic E-state index is 0.0426. The van der Waals surface area contributed by atoms with E-state index in [-0.39, 0.29) is 28.2 Å². The Morgan fingerprint density at radius 1 is 1.13 bits per heavy atom. The Kier molecular flexibility index (Phi) is 6.20. The van der Waals surface area contributed by atoms with Crippen molar-refractivity contribution >= 4 is 16.0 Å². The molecule has 0 aliphatic heterocycles. The van der Waals surface area contributed by atoms with Crippen LogP contribution in [-0.2, 0) is 16.4 Å². The second-order valence-corrected chi connectivity index (χ2v) is 7.99. The molecule has 2 heterocycles. The molecule has 0 fully saturated rings. The molecule has 30 heavy (non-hydrogen) atoms. The SMILES string of the molecule is COc1nc(NS(=O)(=O)c2c[nH]c(-c3ccccc3C)c2)nc(OC)c1CC(F)F. The zero-order valence-electron chi connectivity index (χ0n) is 16.4. The van der Waals surface area contributed by atoms with Gasteiger partial charge in [-0.15, -0.1) is 0 Å². The smallest absolute Gasteiger partial charge is 0.265 e. The molecule has 0 radical (unpaired) electrons. The molecular weight excluding hydrogens is 418 g/mol. The van der Waals surface area contributed by atoms with Crippen molar-refractivity contribution in [2.75, 3.05) is 18.9 Å². The molecule has 0 bridgehead atoms. The van der Waals surface area contributed by atoms with Gasteiger partial charge in [-0.05, 0) is 18.6 Å². The van der Waals surface area contributed by atoms with Crippen LogP contribution in [0.5, 0.6) is 11.8 Å². The number of H-pyrrole nitrogens is 1. The second-order valence-electron chi connectivity index (χ2n) is 6.31. The maximum atomic E-state index is 12.8. The number of hydrogen-bond donors (Lipinski definition) is 2. The average molecular weight is 438 g/mol. The zero-order valence-corrected chi connectivity index (χ0v) is 17.3. The Morgan fingerprint density at radius 2 is 1.77 bits per heavy atom. The van der Waals surface area contributed by atoms with Crippen molar-refractivity contribution in [3.05, 3.63) is 47.7 Å². The largest absolute Gasteiger partial charge is 0.481 e. The number of nitrogens with zero attached hydrogens (tertiary/aromatic N) is 2. The van der Waals surface area contributed by atoms with E-state index in [1.165, 1.54) is 26.5 Å². The normalized spacial score (nSPS) is 11.5. The second kappa shape index (κ2) is 8.66. The van der Waals surface area contributed by atoms with Crippen LogP contribution in [0.3, 0.4) is 0 Å². The molecule has 0 saturated heterocycles. The van der Waals surface area contributed by atoms with Gasteiger partial charge in [0.2, 0.25) is 24.1 Å². The van der Waals surface area contributed by atoms with Crippen LogP contribution in [0.15, 0.2) is 41.4 Å². The highest BCUT2D eigenvalue weighted by atomic mass is 32.2. The number of methoxy groups -OCH3 is 2. The standard InChI is InChI=1S/C19H20F2N4O4S/c1-11-6-4-5-7-13(11)15-8-12(10-22-15)30(26,27)25-19-23-17(28-2)14(9-16(20)21)18(24-19)29-3/h4-8,10,16,22H,9H2,1-3H3,(H,23,24,25). The number of aromatic amines is 1. The number of hydrogen-bond acceptors (Lipinski definition) is 6. The van der Waals surface area contributed by atoms with Crippen LogP contribution in [0.2, 0.25) is 0 Å². The van der Waals surface area contributed by atoms with E-state index in [0.717, 1.165) is 11.1 Å². The molecular formula is C19H20F2N4O4S. The fourth-order valence-corrected chi connectivity index (χ4v) is 3.83. The summed E-state index contributed by atoms with van der Waals surface area (Å²) >= 11 is 0. The summed E-state index contributed by atoms with van der Waals surface area (Å²) in [5.74, 6) is -0.760. The van der Waals surface area contributed by atoms with E-state index in [1.807, 2.05) is 31.2 Å². The van der Waals surface area contributed by atoms with Crippen molar-refractivity contribution in [3.8, 4) is 23.0 Å². The molecule has 2 aromatic heterocycles. The summed E-state index contributed by atoms with van der Waals surface area (Å²) in [6.07, 6.45) is -2.04. The highest BCUT2D eigenvalue weighted by molar-refractivity contribution is 7.92. The van der Waals surface area contributed by atoms with Gasteiger partial charge in [0.25, 0.3) is 10.0 Å². The summed E-state index contributed by atoms with van der Waals surface area (Å²) in [7, 11) is -1.60. The van der Waals surface area contributed by atoms with Crippen LogP contribution in [0.25, 0.3) is 11.3 Å². The van der Waals surface area contributed by atoms with Crippen LogP contribution in [-0.4, -0.2) is 44.0 Å². The Morgan fingerprint density at radius 3 is 2.33 bits per heavy atom. The number of sulfonamides is 1. The van der Waals surface area contributed by atoms with Gasteiger partial charge in [0.15, 0.2) is 0 Å². The van der Waals surface area contributed by atoms with Crippen molar-refractivity contribution in [1.29, 1.82) is 0 Å². The molecule has 0 spiro atoms.